The van der Waals surface area contributed by atoms with Gasteiger partial charge in [-0.2, -0.15) is 0 Å². The number of likely N-dealkylation sites (tertiary alicyclic amines) is 1. The summed E-state index contributed by atoms with van der Waals surface area (Å²) >= 11 is 1.84. The molecule has 3 rings (SSSR count). The molecule has 0 radical (unpaired) electrons. The monoisotopic (exact) mass is 266 g/mol. The number of aromatic nitrogens is 1. The highest BCUT2D eigenvalue weighted by molar-refractivity contribution is 7.09. The summed E-state index contributed by atoms with van der Waals surface area (Å²) in [5, 5.41) is 3.54. The standard InChI is InChI=1S/C14H22N2OS/c1-11-10-18-14(15-11)12-2-6-16(7-3-12)13-4-8-17-9-5-13/h10,12-13H,2-9H2,1H3. The van der Waals surface area contributed by atoms with Crippen LogP contribution in [0.1, 0.15) is 42.3 Å². The van der Waals surface area contributed by atoms with E-state index in [1.165, 1.54) is 49.5 Å². The molecule has 3 nitrogen and oxygen atoms in total. The molecule has 2 saturated heterocycles. The molecule has 0 spiro atoms. The molecule has 0 saturated carbocycles. The molecule has 1 aromatic rings. The van der Waals surface area contributed by atoms with Crippen LogP contribution in [0.5, 0.6) is 0 Å². The number of thiazole rings is 1. The first-order valence-corrected chi connectivity index (χ1v) is 7.95. The SMILES string of the molecule is Cc1csc(C2CCN(C3CCOCC3)CC2)n1. The third-order valence-corrected chi connectivity index (χ3v) is 5.35. The maximum Gasteiger partial charge on any atom is 0.0960 e. The highest BCUT2D eigenvalue weighted by Gasteiger charge is 2.28. The lowest BCUT2D eigenvalue weighted by atomic mass is 9.95. The van der Waals surface area contributed by atoms with Crippen molar-refractivity contribution >= 4 is 11.3 Å². The van der Waals surface area contributed by atoms with Gasteiger partial charge in [0.2, 0.25) is 0 Å². The molecule has 100 valence electrons. The van der Waals surface area contributed by atoms with Crippen LogP contribution in [0.25, 0.3) is 0 Å². The Kier molecular flexibility index (Phi) is 3.97. The van der Waals surface area contributed by atoms with Gasteiger partial charge < -0.3 is 9.64 Å². The third-order valence-electron chi connectivity index (χ3n) is 4.22. The molecule has 3 heterocycles. The van der Waals surface area contributed by atoms with Crippen molar-refractivity contribution in [2.24, 2.45) is 0 Å². The van der Waals surface area contributed by atoms with Crippen LogP contribution < -0.4 is 0 Å². The summed E-state index contributed by atoms with van der Waals surface area (Å²) in [6, 6.07) is 0.776. The molecule has 2 aliphatic rings. The Labute approximate surface area is 113 Å². The second kappa shape index (κ2) is 5.68. The van der Waals surface area contributed by atoms with Gasteiger partial charge in [0.25, 0.3) is 0 Å². The van der Waals surface area contributed by atoms with E-state index in [0.29, 0.717) is 5.92 Å². The molecule has 1 aromatic heterocycles. The van der Waals surface area contributed by atoms with Crippen molar-refractivity contribution in [1.82, 2.24) is 9.88 Å². The highest BCUT2D eigenvalue weighted by atomic mass is 32.1. The Bertz CT molecular complexity index is 379. The molecule has 2 aliphatic heterocycles. The number of hydrogen-bond donors (Lipinski definition) is 0. The Morgan fingerprint density at radius 1 is 1.22 bits per heavy atom. The lowest BCUT2D eigenvalue weighted by molar-refractivity contribution is 0.0251. The predicted octanol–water partition coefficient (Wildman–Crippen LogP) is 2.81. The molecular formula is C14H22N2OS. The van der Waals surface area contributed by atoms with Gasteiger partial charge in [0.15, 0.2) is 0 Å². The smallest absolute Gasteiger partial charge is 0.0960 e. The van der Waals surface area contributed by atoms with Gasteiger partial charge >= 0.3 is 0 Å². The van der Waals surface area contributed by atoms with E-state index in [1.807, 2.05) is 11.3 Å². The van der Waals surface area contributed by atoms with E-state index in [2.05, 4.69) is 22.2 Å². The van der Waals surface area contributed by atoms with Gasteiger partial charge in [0.1, 0.15) is 0 Å². The Balaban J connectivity index is 1.54. The molecule has 4 heteroatoms. The minimum atomic E-state index is 0.708. The molecular weight excluding hydrogens is 244 g/mol. The fourth-order valence-electron chi connectivity index (χ4n) is 3.12. The highest BCUT2D eigenvalue weighted by Crippen LogP contribution is 2.31. The van der Waals surface area contributed by atoms with Crippen molar-refractivity contribution in [1.29, 1.82) is 0 Å². The number of hydrogen-bond acceptors (Lipinski definition) is 4. The molecule has 0 amide bonds. The van der Waals surface area contributed by atoms with Crippen molar-refractivity contribution in [3.8, 4) is 0 Å². The second-order valence-electron chi connectivity index (χ2n) is 5.48. The van der Waals surface area contributed by atoms with Crippen molar-refractivity contribution in [3.05, 3.63) is 16.1 Å². The lowest BCUT2D eigenvalue weighted by Gasteiger charge is -2.38. The minimum Gasteiger partial charge on any atom is -0.381 e. The third kappa shape index (κ3) is 2.76. The molecule has 18 heavy (non-hydrogen) atoms. The maximum absolute atomic E-state index is 5.45. The summed E-state index contributed by atoms with van der Waals surface area (Å²) in [6.07, 6.45) is 5.01. The summed E-state index contributed by atoms with van der Waals surface area (Å²) in [6.45, 7) is 6.49. The first-order chi connectivity index (χ1) is 8.83. The van der Waals surface area contributed by atoms with E-state index >= 15 is 0 Å². The van der Waals surface area contributed by atoms with Crippen LogP contribution in [-0.2, 0) is 4.74 Å². The number of nitrogens with zero attached hydrogens (tertiary/aromatic N) is 2. The molecule has 0 N–H and O–H groups in total. The summed E-state index contributed by atoms with van der Waals surface area (Å²) in [4.78, 5) is 7.33. The number of ether oxygens (including phenoxy) is 1. The summed E-state index contributed by atoms with van der Waals surface area (Å²) in [5.41, 5.74) is 1.18. The number of aryl methyl sites for hydroxylation is 1. The first kappa shape index (κ1) is 12.6. The molecule has 0 unspecified atom stereocenters. The van der Waals surface area contributed by atoms with Gasteiger partial charge in [-0.1, -0.05) is 0 Å². The van der Waals surface area contributed by atoms with Crippen molar-refractivity contribution < 1.29 is 4.74 Å². The fourth-order valence-corrected chi connectivity index (χ4v) is 4.09. The van der Waals surface area contributed by atoms with E-state index in [9.17, 15) is 0 Å². The fraction of sp³-hybridized carbons (Fsp3) is 0.786. The molecule has 0 aliphatic carbocycles. The first-order valence-electron chi connectivity index (χ1n) is 7.07. The Morgan fingerprint density at radius 2 is 1.94 bits per heavy atom. The molecule has 0 bridgehead atoms. The van der Waals surface area contributed by atoms with Gasteiger partial charge in [0.05, 0.1) is 5.01 Å². The van der Waals surface area contributed by atoms with Crippen LogP contribution in [0.15, 0.2) is 5.38 Å². The van der Waals surface area contributed by atoms with Crippen molar-refractivity contribution in [3.63, 3.8) is 0 Å². The predicted molar refractivity (Wildman–Crippen MR) is 74.2 cm³/mol. The van der Waals surface area contributed by atoms with E-state index in [1.54, 1.807) is 0 Å². The van der Waals surface area contributed by atoms with Crippen LogP contribution in [-0.4, -0.2) is 42.2 Å². The van der Waals surface area contributed by atoms with Crippen molar-refractivity contribution in [2.75, 3.05) is 26.3 Å². The quantitative estimate of drug-likeness (QED) is 0.823. The van der Waals surface area contributed by atoms with Gasteiger partial charge in [-0.05, 0) is 45.7 Å². The largest absolute Gasteiger partial charge is 0.381 e. The van der Waals surface area contributed by atoms with Gasteiger partial charge in [-0.15, -0.1) is 11.3 Å². The van der Waals surface area contributed by atoms with Gasteiger partial charge in [-0.25, -0.2) is 4.98 Å². The van der Waals surface area contributed by atoms with Crippen LogP contribution in [0.2, 0.25) is 0 Å². The zero-order valence-electron chi connectivity index (χ0n) is 11.1. The van der Waals surface area contributed by atoms with Gasteiger partial charge in [-0.3, -0.25) is 0 Å². The zero-order valence-corrected chi connectivity index (χ0v) is 11.9. The topological polar surface area (TPSA) is 25.4 Å². The van der Waals surface area contributed by atoms with Crippen molar-refractivity contribution in [2.45, 2.75) is 44.6 Å². The maximum atomic E-state index is 5.45. The summed E-state index contributed by atoms with van der Waals surface area (Å²) in [5.74, 6) is 0.708. The van der Waals surface area contributed by atoms with Crippen LogP contribution in [0, 0.1) is 6.92 Å². The van der Waals surface area contributed by atoms with E-state index in [0.717, 1.165) is 19.3 Å². The number of piperidine rings is 1. The zero-order chi connectivity index (χ0) is 12.4. The van der Waals surface area contributed by atoms with E-state index < -0.39 is 0 Å². The molecule has 0 atom stereocenters. The summed E-state index contributed by atoms with van der Waals surface area (Å²) < 4.78 is 5.45. The molecule has 2 fully saturated rings. The van der Waals surface area contributed by atoms with Crippen LogP contribution in [0.3, 0.4) is 0 Å². The number of rotatable bonds is 2. The van der Waals surface area contributed by atoms with E-state index in [-0.39, 0.29) is 0 Å². The van der Waals surface area contributed by atoms with Crippen LogP contribution in [0.4, 0.5) is 0 Å². The Hall–Kier alpha value is -0.450. The Morgan fingerprint density at radius 3 is 2.56 bits per heavy atom. The van der Waals surface area contributed by atoms with Crippen LogP contribution >= 0.6 is 11.3 Å². The summed E-state index contributed by atoms with van der Waals surface area (Å²) in [7, 11) is 0. The van der Waals surface area contributed by atoms with Gasteiger partial charge in [0, 0.05) is 36.2 Å². The second-order valence-corrected chi connectivity index (χ2v) is 6.37. The van der Waals surface area contributed by atoms with E-state index in [4.69, 9.17) is 4.74 Å². The average molecular weight is 266 g/mol. The minimum absolute atomic E-state index is 0.708. The molecule has 0 aromatic carbocycles. The average Bonchev–Trinajstić information content (AvgIpc) is 2.87. The lowest BCUT2D eigenvalue weighted by Crippen LogP contribution is -2.43. The normalized spacial score (nSPS) is 24.5.